The highest BCUT2D eigenvalue weighted by atomic mass is 16.2. The highest BCUT2D eigenvalue weighted by Crippen LogP contribution is 2.23. The second-order valence-corrected chi connectivity index (χ2v) is 6.88. The smallest absolute Gasteiger partial charge is 0.230 e. The normalized spacial score (nSPS) is 15.5. The third-order valence-electron chi connectivity index (χ3n) is 5.20. The molecule has 4 rings (SSSR count). The van der Waals surface area contributed by atoms with E-state index in [2.05, 4.69) is 27.1 Å². The zero-order valence-corrected chi connectivity index (χ0v) is 16.0. The van der Waals surface area contributed by atoms with Crippen LogP contribution >= 0.6 is 0 Å². The van der Waals surface area contributed by atoms with Gasteiger partial charge in [-0.3, -0.25) is 4.79 Å². The van der Waals surface area contributed by atoms with Crippen LogP contribution in [0.1, 0.15) is 24.8 Å². The Labute approximate surface area is 164 Å². The number of piperazine rings is 1. The maximum atomic E-state index is 13.0. The van der Waals surface area contributed by atoms with Crippen LogP contribution in [0.25, 0.3) is 5.82 Å². The van der Waals surface area contributed by atoms with Crippen molar-refractivity contribution in [1.82, 2.24) is 24.9 Å². The van der Waals surface area contributed by atoms with E-state index >= 15 is 0 Å². The summed E-state index contributed by atoms with van der Waals surface area (Å²) in [5.41, 5.74) is 1.09. The van der Waals surface area contributed by atoms with Crippen molar-refractivity contribution < 1.29 is 4.79 Å². The summed E-state index contributed by atoms with van der Waals surface area (Å²) in [4.78, 5) is 17.2. The van der Waals surface area contributed by atoms with E-state index in [4.69, 9.17) is 0 Å². The molecule has 3 heterocycles. The van der Waals surface area contributed by atoms with E-state index in [1.54, 1.807) is 10.9 Å². The summed E-state index contributed by atoms with van der Waals surface area (Å²) < 4.78 is 1.68. The molecule has 1 fully saturated rings. The van der Waals surface area contributed by atoms with Crippen LogP contribution in [0.15, 0.2) is 60.9 Å². The largest absolute Gasteiger partial charge is 0.352 e. The van der Waals surface area contributed by atoms with Crippen molar-refractivity contribution >= 4 is 11.7 Å². The van der Waals surface area contributed by atoms with Crippen molar-refractivity contribution in [3.8, 4) is 5.82 Å². The second-order valence-electron chi connectivity index (χ2n) is 6.88. The second kappa shape index (κ2) is 8.21. The summed E-state index contributed by atoms with van der Waals surface area (Å²) in [6, 6.07) is 15.8. The molecule has 144 valence electrons. The van der Waals surface area contributed by atoms with E-state index < -0.39 is 0 Å². The molecule has 1 saturated heterocycles. The average Bonchev–Trinajstić information content (AvgIpc) is 3.30. The van der Waals surface area contributed by atoms with Gasteiger partial charge in [0.2, 0.25) is 5.91 Å². The van der Waals surface area contributed by atoms with E-state index in [-0.39, 0.29) is 11.8 Å². The molecule has 7 nitrogen and oxygen atoms in total. The van der Waals surface area contributed by atoms with Crippen molar-refractivity contribution in [1.29, 1.82) is 0 Å². The Hall–Kier alpha value is -3.22. The van der Waals surface area contributed by atoms with Gasteiger partial charge in [0.15, 0.2) is 11.6 Å². The summed E-state index contributed by atoms with van der Waals surface area (Å²) in [5.74, 6) is 1.67. The number of hydrogen-bond donors (Lipinski definition) is 0. The molecule has 1 atom stereocenters. The molecule has 2 aromatic heterocycles. The summed E-state index contributed by atoms with van der Waals surface area (Å²) >= 11 is 0. The van der Waals surface area contributed by atoms with Crippen LogP contribution in [0.4, 0.5) is 5.82 Å². The first kappa shape index (κ1) is 18.2. The number of aromatic nitrogens is 4. The summed E-state index contributed by atoms with van der Waals surface area (Å²) in [6.45, 7) is 4.98. The SMILES string of the molecule is CCC(C(=O)N1CCN(c2ccc(-n3cccn3)nn2)CC1)c1ccccc1. The lowest BCUT2D eigenvalue weighted by atomic mass is 9.95. The topological polar surface area (TPSA) is 67.2 Å². The van der Waals surface area contributed by atoms with Gasteiger partial charge in [-0.1, -0.05) is 37.3 Å². The molecule has 1 unspecified atom stereocenters. The van der Waals surface area contributed by atoms with Crippen molar-refractivity contribution in [3.63, 3.8) is 0 Å². The molecule has 1 aliphatic heterocycles. The summed E-state index contributed by atoms with van der Waals surface area (Å²) in [5, 5.41) is 12.8. The first-order valence-electron chi connectivity index (χ1n) is 9.68. The van der Waals surface area contributed by atoms with Crippen molar-refractivity contribution in [2.75, 3.05) is 31.1 Å². The standard InChI is InChI=1S/C21H24N6O/c1-2-18(17-7-4-3-5-8-17)21(28)26-15-13-25(14-16-26)19-9-10-20(24-23-19)27-12-6-11-22-27/h3-12,18H,2,13-16H2,1H3. The Morgan fingerprint density at radius 2 is 1.68 bits per heavy atom. The van der Waals surface area contributed by atoms with Gasteiger partial charge in [-0.05, 0) is 30.2 Å². The molecule has 0 bridgehead atoms. The Morgan fingerprint density at radius 3 is 2.29 bits per heavy atom. The molecule has 0 aliphatic carbocycles. The molecule has 0 radical (unpaired) electrons. The minimum Gasteiger partial charge on any atom is -0.352 e. The predicted octanol–water partition coefficient (Wildman–Crippen LogP) is 2.50. The number of carbonyl (C=O) groups is 1. The Morgan fingerprint density at radius 1 is 0.964 bits per heavy atom. The predicted molar refractivity (Wildman–Crippen MR) is 107 cm³/mol. The summed E-state index contributed by atoms with van der Waals surface area (Å²) in [6.07, 6.45) is 4.36. The van der Waals surface area contributed by atoms with Crippen LogP contribution in [-0.4, -0.2) is 57.0 Å². The lowest BCUT2D eigenvalue weighted by Crippen LogP contribution is -2.50. The number of hydrogen-bond acceptors (Lipinski definition) is 5. The monoisotopic (exact) mass is 376 g/mol. The molecule has 0 saturated carbocycles. The molecule has 28 heavy (non-hydrogen) atoms. The minimum absolute atomic E-state index is 0.0686. The Kier molecular flexibility index (Phi) is 5.32. The van der Waals surface area contributed by atoms with Crippen LogP contribution in [-0.2, 0) is 4.79 Å². The molecule has 7 heteroatoms. The molecule has 1 aliphatic rings. The van der Waals surface area contributed by atoms with Gasteiger partial charge in [-0.15, -0.1) is 10.2 Å². The lowest BCUT2D eigenvalue weighted by Gasteiger charge is -2.36. The van der Waals surface area contributed by atoms with Gasteiger partial charge < -0.3 is 9.80 Å². The Balaban J connectivity index is 1.38. The molecule has 0 N–H and O–H groups in total. The minimum atomic E-state index is -0.0686. The number of rotatable bonds is 5. The third-order valence-corrected chi connectivity index (χ3v) is 5.20. The molecule has 1 amide bonds. The molecule has 0 spiro atoms. The van der Waals surface area contributed by atoms with Crippen molar-refractivity contribution in [3.05, 3.63) is 66.5 Å². The van der Waals surface area contributed by atoms with Crippen LogP contribution in [0.3, 0.4) is 0 Å². The third kappa shape index (κ3) is 3.74. The van der Waals surface area contributed by atoms with Gasteiger partial charge in [0.1, 0.15) is 0 Å². The number of carbonyl (C=O) groups excluding carboxylic acids is 1. The van der Waals surface area contributed by atoms with Crippen molar-refractivity contribution in [2.24, 2.45) is 0 Å². The van der Waals surface area contributed by atoms with Crippen molar-refractivity contribution in [2.45, 2.75) is 19.3 Å². The van der Waals surface area contributed by atoms with Gasteiger partial charge in [-0.2, -0.15) is 5.10 Å². The number of anilines is 1. The van der Waals surface area contributed by atoms with Crippen LogP contribution in [0.2, 0.25) is 0 Å². The average molecular weight is 376 g/mol. The highest BCUT2D eigenvalue weighted by molar-refractivity contribution is 5.84. The maximum absolute atomic E-state index is 13.0. The van der Waals surface area contributed by atoms with E-state index in [0.29, 0.717) is 18.9 Å². The van der Waals surface area contributed by atoms with E-state index in [0.717, 1.165) is 30.9 Å². The highest BCUT2D eigenvalue weighted by Gasteiger charge is 2.27. The van der Waals surface area contributed by atoms with Crippen LogP contribution < -0.4 is 4.90 Å². The quantitative estimate of drug-likeness (QED) is 0.684. The fourth-order valence-electron chi connectivity index (χ4n) is 3.63. The first-order valence-corrected chi connectivity index (χ1v) is 9.68. The Bertz CT molecular complexity index is 886. The number of nitrogens with zero attached hydrogens (tertiary/aromatic N) is 6. The van der Waals surface area contributed by atoms with E-state index in [9.17, 15) is 4.79 Å². The molecular weight excluding hydrogens is 352 g/mol. The molecular formula is C21H24N6O. The van der Waals surface area contributed by atoms with Crippen LogP contribution in [0.5, 0.6) is 0 Å². The lowest BCUT2D eigenvalue weighted by molar-refractivity contribution is -0.133. The first-order chi connectivity index (χ1) is 13.8. The molecule has 3 aromatic rings. The van der Waals surface area contributed by atoms with Crippen LogP contribution in [0, 0.1) is 0 Å². The number of amides is 1. The van der Waals surface area contributed by atoms with Gasteiger partial charge in [0, 0.05) is 38.6 Å². The fourth-order valence-corrected chi connectivity index (χ4v) is 3.63. The summed E-state index contributed by atoms with van der Waals surface area (Å²) in [7, 11) is 0. The zero-order chi connectivity index (χ0) is 19.3. The van der Waals surface area contributed by atoms with Gasteiger partial charge >= 0.3 is 0 Å². The van der Waals surface area contributed by atoms with E-state index in [1.807, 2.05) is 59.6 Å². The fraction of sp³-hybridized carbons (Fsp3) is 0.333. The number of benzene rings is 1. The van der Waals surface area contributed by atoms with E-state index in [1.165, 1.54) is 0 Å². The van der Waals surface area contributed by atoms with Gasteiger partial charge in [0.05, 0.1) is 5.92 Å². The molecule has 1 aromatic carbocycles. The zero-order valence-electron chi connectivity index (χ0n) is 16.0. The maximum Gasteiger partial charge on any atom is 0.230 e. The van der Waals surface area contributed by atoms with Gasteiger partial charge in [-0.25, -0.2) is 4.68 Å². The van der Waals surface area contributed by atoms with Gasteiger partial charge in [0.25, 0.3) is 0 Å².